The Morgan fingerprint density at radius 3 is 2.56 bits per heavy atom. The Hall–Kier alpha value is -2.00. The molecular weight excluding hydrogens is 474 g/mol. The number of hydrogen-bond acceptors (Lipinski definition) is 9. The maximum absolute atomic E-state index is 12.5. The second-order valence-electron chi connectivity index (χ2n) is 8.36. The fraction of sp³-hybridized carbons (Fsp3) is 0.500. The number of piperazine rings is 1. The van der Waals surface area contributed by atoms with Crippen LogP contribution in [0, 0.1) is 0 Å². The van der Waals surface area contributed by atoms with Crippen molar-refractivity contribution in [2.45, 2.75) is 43.4 Å². The molecular formula is C20H27CaN7O6. The third kappa shape index (κ3) is 5.79. The van der Waals surface area contributed by atoms with Gasteiger partial charge in [0.05, 0.1) is 12.8 Å². The van der Waals surface area contributed by atoms with E-state index >= 15 is 0 Å². The van der Waals surface area contributed by atoms with Crippen molar-refractivity contribution in [1.29, 1.82) is 0 Å². The van der Waals surface area contributed by atoms with Crippen LogP contribution in [0.4, 0.5) is 5.69 Å². The standard InChI is InChI=1S/C20H27N7O6.Ca/c21-20-24-16-15(18(31)25-20)27-9-26(8-12(27)7-22-16)11-3-1-10(2-4-11)17(30)23-13(19(32)33)5-6-14(28)29;/h1-4,12-13,15-16,20,22,24H,5-9,21H2,(H,23,30)(H,25,31)(H,28,29)(H,32,33);/t12?,13-,15?,16?,20?;/m0./s1. The Morgan fingerprint density at radius 2 is 1.91 bits per heavy atom. The zero-order valence-electron chi connectivity index (χ0n) is 18.4. The molecule has 14 heteroatoms. The summed E-state index contributed by atoms with van der Waals surface area (Å²) in [4.78, 5) is 51.2. The van der Waals surface area contributed by atoms with Gasteiger partial charge in [-0.1, -0.05) is 0 Å². The van der Waals surface area contributed by atoms with Gasteiger partial charge in [-0.25, -0.2) is 4.79 Å². The van der Waals surface area contributed by atoms with E-state index in [1.165, 1.54) is 0 Å². The average Bonchev–Trinajstić information content (AvgIpc) is 3.20. The van der Waals surface area contributed by atoms with E-state index in [1.807, 2.05) is 0 Å². The number of carboxylic acid groups (broad SMARTS) is 2. The molecule has 1 aromatic carbocycles. The minimum Gasteiger partial charge on any atom is -0.481 e. The van der Waals surface area contributed by atoms with E-state index in [1.54, 1.807) is 24.3 Å². The van der Waals surface area contributed by atoms with Crippen molar-refractivity contribution in [1.82, 2.24) is 26.2 Å². The Labute approximate surface area is 225 Å². The van der Waals surface area contributed by atoms with E-state index in [0.717, 1.165) is 5.69 Å². The van der Waals surface area contributed by atoms with Gasteiger partial charge >= 0.3 is 11.9 Å². The Bertz CT molecular complexity index is 948. The normalized spacial score (nSPS) is 27.0. The molecule has 3 saturated heterocycles. The molecule has 4 unspecified atom stereocenters. The molecule has 8 N–H and O–H groups in total. The monoisotopic (exact) mass is 501 g/mol. The molecule has 180 valence electrons. The van der Waals surface area contributed by atoms with Crippen molar-refractivity contribution in [3.8, 4) is 0 Å². The summed E-state index contributed by atoms with van der Waals surface area (Å²) in [5, 5.41) is 29.5. The number of rotatable bonds is 7. The molecule has 13 nitrogen and oxygen atoms in total. The third-order valence-electron chi connectivity index (χ3n) is 6.15. The van der Waals surface area contributed by atoms with Gasteiger partial charge in [-0.2, -0.15) is 0 Å². The molecule has 0 saturated carbocycles. The average molecular weight is 502 g/mol. The molecule has 3 aliphatic heterocycles. The molecule has 4 rings (SSSR count). The number of anilines is 1. The second kappa shape index (κ2) is 11.2. The fourth-order valence-corrected chi connectivity index (χ4v) is 4.50. The number of carbonyl (C=O) groups excluding carboxylic acids is 2. The SMILES string of the molecule is NC1NC(=O)C2C(NCC3CN(c4ccc(C(=O)N[C@@H](CCC(=O)O)C(=O)O)cc4)CN32)N1.[Ca]. The van der Waals surface area contributed by atoms with E-state index in [-0.39, 0.29) is 74.3 Å². The van der Waals surface area contributed by atoms with Crippen molar-refractivity contribution in [2.75, 3.05) is 24.7 Å². The molecule has 2 radical (unpaired) electrons. The Balaban J connectivity index is 0.00000324. The second-order valence-corrected chi connectivity index (χ2v) is 8.36. The number of carboxylic acids is 2. The molecule has 0 spiro atoms. The van der Waals surface area contributed by atoms with Crippen LogP contribution in [-0.4, -0.2) is 127 Å². The minimum absolute atomic E-state index is 0. The molecule has 3 heterocycles. The first-order valence-electron chi connectivity index (χ1n) is 10.6. The van der Waals surface area contributed by atoms with Crippen molar-refractivity contribution in [3.05, 3.63) is 29.8 Å². The van der Waals surface area contributed by atoms with Gasteiger partial charge in [0.15, 0.2) is 0 Å². The maximum atomic E-state index is 12.5. The van der Waals surface area contributed by atoms with Crippen LogP contribution in [0.2, 0.25) is 0 Å². The van der Waals surface area contributed by atoms with Crippen LogP contribution < -0.4 is 31.9 Å². The Kier molecular flexibility index (Phi) is 8.73. The molecule has 0 aromatic heterocycles. The molecule has 5 atom stereocenters. The number of nitrogens with two attached hydrogens (primary N) is 1. The largest absolute Gasteiger partial charge is 0.481 e. The van der Waals surface area contributed by atoms with Gasteiger partial charge in [0.2, 0.25) is 5.91 Å². The van der Waals surface area contributed by atoms with Crippen LogP contribution in [0.1, 0.15) is 23.2 Å². The van der Waals surface area contributed by atoms with E-state index in [4.69, 9.17) is 10.8 Å². The summed E-state index contributed by atoms with van der Waals surface area (Å²) in [6, 6.07) is 5.16. The van der Waals surface area contributed by atoms with Gasteiger partial charge in [-0.05, 0) is 30.7 Å². The summed E-state index contributed by atoms with van der Waals surface area (Å²) in [6.45, 7) is 1.91. The Morgan fingerprint density at radius 1 is 1.21 bits per heavy atom. The predicted octanol–water partition coefficient (Wildman–Crippen LogP) is -2.94. The van der Waals surface area contributed by atoms with Crippen LogP contribution in [0.25, 0.3) is 0 Å². The predicted molar refractivity (Wildman–Crippen MR) is 121 cm³/mol. The van der Waals surface area contributed by atoms with Gasteiger partial charge in [-0.3, -0.25) is 35.7 Å². The first-order valence-corrected chi connectivity index (χ1v) is 10.6. The third-order valence-corrected chi connectivity index (χ3v) is 6.15. The van der Waals surface area contributed by atoms with Crippen LogP contribution in [0.3, 0.4) is 0 Å². The van der Waals surface area contributed by atoms with Gasteiger partial charge in [0, 0.05) is 74.5 Å². The molecule has 1 aromatic rings. The van der Waals surface area contributed by atoms with Gasteiger partial charge < -0.3 is 25.7 Å². The zero-order chi connectivity index (χ0) is 23.7. The summed E-state index contributed by atoms with van der Waals surface area (Å²) in [5.74, 6) is -3.14. The van der Waals surface area contributed by atoms with Gasteiger partial charge in [0.1, 0.15) is 18.4 Å². The summed E-state index contributed by atoms with van der Waals surface area (Å²) < 4.78 is 0. The molecule has 34 heavy (non-hydrogen) atoms. The van der Waals surface area contributed by atoms with Crippen molar-refractivity contribution in [2.24, 2.45) is 5.73 Å². The van der Waals surface area contributed by atoms with Crippen LogP contribution >= 0.6 is 0 Å². The topological polar surface area (TPSA) is 189 Å². The fourth-order valence-electron chi connectivity index (χ4n) is 4.50. The van der Waals surface area contributed by atoms with E-state index in [2.05, 4.69) is 31.1 Å². The molecule has 3 aliphatic rings. The first-order chi connectivity index (χ1) is 15.7. The molecule has 0 aliphatic carbocycles. The minimum atomic E-state index is -1.29. The molecule has 2 amide bonds. The van der Waals surface area contributed by atoms with Crippen LogP contribution in [-0.2, 0) is 14.4 Å². The summed E-state index contributed by atoms with van der Waals surface area (Å²) >= 11 is 0. The quantitative estimate of drug-likeness (QED) is 0.189. The van der Waals surface area contributed by atoms with E-state index < -0.39 is 36.2 Å². The van der Waals surface area contributed by atoms with Crippen molar-refractivity contribution < 1.29 is 29.4 Å². The summed E-state index contributed by atoms with van der Waals surface area (Å²) in [5.41, 5.74) is 6.93. The van der Waals surface area contributed by atoms with Crippen LogP contribution in [0.15, 0.2) is 24.3 Å². The number of fused-ring (bicyclic) bond motifs is 3. The summed E-state index contributed by atoms with van der Waals surface area (Å²) in [6.07, 6.45) is -1.40. The van der Waals surface area contributed by atoms with Gasteiger partial charge in [0.25, 0.3) is 5.91 Å². The number of amides is 2. The van der Waals surface area contributed by atoms with Gasteiger partial charge in [-0.15, -0.1) is 0 Å². The van der Waals surface area contributed by atoms with Crippen molar-refractivity contribution >= 4 is 67.2 Å². The number of hydrogen-bond donors (Lipinski definition) is 7. The van der Waals surface area contributed by atoms with Crippen molar-refractivity contribution in [3.63, 3.8) is 0 Å². The molecule has 3 fully saturated rings. The molecule has 0 bridgehead atoms. The first kappa shape index (κ1) is 26.6. The maximum Gasteiger partial charge on any atom is 0.326 e. The van der Waals surface area contributed by atoms with E-state index in [9.17, 15) is 24.3 Å². The number of nitrogens with zero attached hydrogens (tertiary/aromatic N) is 2. The zero-order valence-corrected chi connectivity index (χ0v) is 20.6. The number of benzene rings is 1. The van der Waals surface area contributed by atoms with Crippen LogP contribution in [0.5, 0.6) is 0 Å². The smallest absolute Gasteiger partial charge is 0.326 e. The summed E-state index contributed by atoms with van der Waals surface area (Å²) in [7, 11) is 0. The van der Waals surface area contributed by atoms with E-state index in [0.29, 0.717) is 19.8 Å². The number of nitrogens with one attached hydrogen (secondary N) is 4. The number of aliphatic carboxylic acids is 2. The number of carbonyl (C=O) groups is 4.